The largest absolute Gasteiger partial charge is 0.478 e. The van der Waals surface area contributed by atoms with Crippen molar-refractivity contribution in [3.05, 3.63) is 47.5 Å². The molecule has 9 nitrogen and oxygen atoms in total. The Hall–Kier alpha value is -3.72. The average molecular weight is 462 g/mol. The van der Waals surface area contributed by atoms with Gasteiger partial charge in [-0.05, 0) is 75.0 Å². The summed E-state index contributed by atoms with van der Waals surface area (Å²) in [6, 6.07) is 9.92. The van der Waals surface area contributed by atoms with Crippen molar-refractivity contribution in [3.63, 3.8) is 0 Å². The number of aromatic nitrogens is 2. The lowest BCUT2D eigenvalue weighted by molar-refractivity contribution is -0.121. The highest BCUT2D eigenvalue weighted by Crippen LogP contribution is 2.30. The molecule has 0 bridgehead atoms. The summed E-state index contributed by atoms with van der Waals surface area (Å²) in [5.74, 6) is -1.21. The van der Waals surface area contributed by atoms with E-state index >= 15 is 0 Å². The molecule has 2 aliphatic rings. The first-order valence-corrected chi connectivity index (χ1v) is 11.7. The Labute approximate surface area is 196 Å². The van der Waals surface area contributed by atoms with Gasteiger partial charge in [-0.3, -0.25) is 14.9 Å². The Bertz CT molecular complexity index is 1260. The lowest BCUT2D eigenvalue weighted by Gasteiger charge is -2.30. The second kappa shape index (κ2) is 9.26. The molecule has 1 aromatic heterocycles. The van der Waals surface area contributed by atoms with E-state index in [-0.39, 0.29) is 17.5 Å². The molecule has 2 fully saturated rings. The monoisotopic (exact) mass is 461 g/mol. The van der Waals surface area contributed by atoms with E-state index in [1.165, 1.54) is 18.6 Å². The SMILES string of the molecule is O=C(O)c1ccc2nc(-c3ccc(N4CCCCC4)c(C(=O)NC(=O)C4CCCN4)c3)[nH]c2c1. The number of amides is 2. The summed E-state index contributed by atoms with van der Waals surface area (Å²) < 4.78 is 0. The maximum absolute atomic E-state index is 13.3. The van der Waals surface area contributed by atoms with Crippen molar-refractivity contribution in [1.82, 2.24) is 20.6 Å². The minimum atomic E-state index is -1.01. The Morgan fingerprint density at radius 1 is 1.03 bits per heavy atom. The Kier molecular flexibility index (Phi) is 6.02. The second-order valence-corrected chi connectivity index (χ2v) is 8.87. The zero-order chi connectivity index (χ0) is 23.7. The van der Waals surface area contributed by atoms with Crippen LogP contribution in [0.5, 0.6) is 0 Å². The number of imidazole rings is 1. The van der Waals surface area contributed by atoms with Crippen molar-refractivity contribution in [1.29, 1.82) is 0 Å². The van der Waals surface area contributed by atoms with E-state index in [1.54, 1.807) is 12.1 Å². The zero-order valence-corrected chi connectivity index (χ0v) is 18.8. The summed E-state index contributed by atoms with van der Waals surface area (Å²) in [5.41, 5.74) is 3.32. The van der Waals surface area contributed by atoms with Gasteiger partial charge in [0.25, 0.3) is 5.91 Å². The molecule has 2 amide bonds. The number of carbonyl (C=O) groups is 3. The first-order chi connectivity index (χ1) is 16.5. The van der Waals surface area contributed by atoms with Crippen LogP contribution in [-0.2, 0) is 4.79 Å². The number of piperidine rings is 1. The van der Waals surface area contributed by atoms with Crippen LogP contribution >= 0.6 is 0 Å². The first-order valence-electron chi connectivity index (χ1n) is 11.7. The highest BCUT2D eigenvalue weighted by molar-refractivity contribution is 6.09. The number of aromatic amines is 1. The van der Waals surface area contributed by atoms with Crippen molar-refractivity contribution >= 4 is 34.5 Å². The van der Waals surface area contributed by atoms with Gasteiger partial charge in [0.2, 0.25) is 5.91 Å². The summed E-state index contributed by atoms with van der Waals surface area (Å²) >= 11 is 0. The zero-order valence-electron chi connectivity index (χ0n) is 18.8. The van der Waals surface area contributed by atoms with Gasteiger partial charge in [0.1, 0.15) is 5.82 Å². The number of aromatic carboxylic acids is 1. The molecule has 0 spiro atoms. The van der Waals surface area contributed by atoms with Crippen LogP contribution in [0.3, 0.4) is 0 Å². The number of carboxylic acids is 1. The fraction of sp³-hybridized carbons (Fsp3) is 0.360. The van der Waals surface area contributed by atoms with Crippen LogP contribution in [0.4, 0.5) is 5.69 Å². The Balaban J connectivity index is 1.50. The van der Waals surface area contributed by atoms with E-state index in [4.69, 9.17) is 0 Å². The minimum Gasteiger partial charge on any atom is -0.478 e. The number of fused-ring (bicyclic) bond motifs is 1. The van der Waals surface area contributed by atoms with Gasteiger partial charge in [-0.1, -0.05) is 0 Å². The van der Waals surface area contributed by atoms with E-state index in [0.29, 0.717) is 28.0 Å². The van der Waals surface area contributed by atoms with Gasteiger partial charge in [0.05, 0.1) is 28.2 Å². The minimum absolute atomic E-state index is 0.169. The molecule has 9 heteroatoms. The number of carbonyl (C=O) groups excluding carboxylic acids is 2. The highest BCUT2D eigenvalue weighted by Gasteiger charge is 2.26. The molecule has 2 saturated heterocycles. The Morgan fingerprint density at radius 3 is 2.59 bits per heavy atom. The predicted molar refractivity (Wildman–Crippen MR) is 128 cm³/mol. The normalized spacial score (nSPS) is 18.2. The van der Waals surface area contributed by atoms with E-state index in [0.717, 1.165) is 51.0 Å². The summed E-state index contributed by atoms with van der Waals surface area (Å²) in [4.78, 5) is 47.1. The van der Waals surface area contributed by atoms with Crippen LogP contribution in [0.15, 0.2) is 36.4 Å². The number of rotatable bonds is 5. The molecule has 176 valence electrons. The number of nitrogens with one attached hydrogen (secondary N) is 3. The molecule has 34 heavy (non-hydrogen) atoms. The van der Waals surface area contributed by atoms with Gasteiger partial charge in [0, 0.05) is 24.3 Å². The molecule has 3 heterocycles. The summed E-state index contributed by atoms with van der Waals surface area (Å²) in [7, 11) is 0. The fourth-order valence-corrected chi connectivity index (χ4v) is 4.73. The number of hydrogen-bond donors (Lipinski definition) is 4. The summed E-state index contributed by atoms with van der Waals surface area (Å²) in [5, 5.41) is 15.0. The number of anilines is 1. The smallest absolute Gasteiger partial charge is 0.335 e. The second-order valence-electron chi connectivity index (χ2n) is 8.87. The van der Waals surface area contributed by atoms with Gasteiger partial charge < -0.3 is 20.3 Å². The van der Waals surface area contributed by atoms with Crippen molar-refractivity contribution in [3.8, 4) is 11.4 Å². The molecule has 5 rings (SSSR count). The number of imide groups is 1. The van der Waals surface area contributed by atoms with E-state index in [1.807, 2.05) is 12.1 Å². The van der Waals surface area contributed by atoms with Gasteiger partial charge in [-0.25, -0.2) is 9.78 Å². The maximum Gasteiger partial charge on any atom is 0.335 e. The third kappa shape index (κ3) is 4.38. The first kappa shape index (κ1) is 22.1. The van der Waals surface area contributed by atoms with Crippen LogP contribution in [0.2, 0.25) is 0 Å². The molecule has 0 aliphatic carbocycles. The molecule has 3 aromatic rings. The number of benzene rings is 2. The molecule has 0 saturated carbocycles. The van der Waals surface area contributed by atoms with E-state index in [9.17, 15) is 19.5 Å². The fourth-order valence-electron chi connectivity index (χ4n) is 4.73. The quantitative estimate of drug-likeness (QED) is 0.430. The van der Waals surface area contributed by atoms with Crippen molar-refractivity contribution < 1.29 is 19.5 Å². The van der Waals surface area contributed by atoms with Crippen LogP contribution < -0.4 is 15.5 Å². The number of carboxylic acid groups (broad SMARTS) is 1. The number of hydrogen-bond acceptors (Lipinski definition) is 6. The van der Waals surface area contributed by atoms with E-state index < -0.39 is 11.9 Å². The van der Waals surface area contributed by atoms with Crippen LogP contribution in [0, 0.1) is 0 Å². The molecular weight excluding hydrogens is 434 g/mol. The van der Waals surface area contributed by atoms with Crippen molar-refractivity contribution in [2.45, 2.75) is 38.1 Å². The molecule has 4 N–H and O–H groups in total. The predicted octanol–water partition coefficient (Wildman–Crippen LogP) is 2.93. The standard InChI is InChI=1S/C25H27N5O4/c31-23(29-24(32)19-5-4-10-26-19)17-13-15(7-9-21(17)30-11-2-1-3-12-30)22-27-18-8-6-16(25(33)34)14-20(18)28-22/h6-9,13-14,19,26H,1-5,10-12H2,(H,27,28)(H,33,34)(H,29,31,32). The van der Waals surface area contributed by atoms with Gasteiger partial charge in [-0.15, -0.1) is 0 Å². The number of nitrogens with zero attached hydrogens (tertiary/aromatic N) is 2. The third-order valence-corrected chi connectivity index (χ3v) is 6.55. The van der Waals surface area contributed by atoms with Gasteiger partial charge in [-0.2, -0.15) is 0 Å². The maximum atomic E-state index is 13.3. The van der Waals surface area contributed by atoms with Crippen molar-refractivity contribution in [2.75, 3.05) is 24.5 Å². The lowest BCUT2D eigenvalue weighted by atomic mass is 10.0. The molecule has 2 aliphatic heterocycles. The third-order valence-electron chi connectivity index (χ3n) is 6.55. The van der Waals surface area contributed by atoms with E-state index in [2.05, 4.69) is 25.5 Å². The molecule has 2 aromatic carbocycles. The van der Waals surface area contributed by atoms with Crippen LogP contribution in [-0.4, -0.2) is 58.5 Å². The molecule has 0 radical (unpaired) electrons. The average Bonchev–Trinajstić information content (AvgIpc) is 3.54. The molecule has 1 unspecified atom stereocenters. The van der Waals surface area contributed by atoms with Gasteiger partial charge >= 0.3 is 5.97 Å². The molecular formula is C25H27N5O4. The van der Waals surface area contributed by atoms with Crippen LogP contribution in [0.25, 0.3) is 22.4 Å². The number of H-pyrrole nitrogens is 1. The summed E-state index contributed by atoms with van der Waals surface area (Å²) in [6.07, 6.45) is 4.91. The topological polar surface area (TPSA) is 127 Å². The highest BCUT2D eigenvalue weighted by atomic mass is 16.4. The summed E-state index contributed by atoms with van der Waals surface area (Å²) in [6.45, 7) is 2.50. The Morgan fingerprint density at radius 2 is 1.85 bits per heavy atom. The molecule has 1 atom stereocenters. The van der Waals surface area contributed by atoms with Gasteiger partial charge in [0.15, 0.2) is 0 Å². The van der Waals surface area contributed by atoms with Crippen molar-refractivity contribution in [2.24, 2.45) is 0 Å². The van der Waals surface area contributed by atoms with Crippen LogP contribution in [0.1, 0.15) is 52.8 Å². The lowest BCUT2D eigenvalue weighted by Crippen LogP contribution is -2.43.